The summed E-state index contributed by atoms with van der Waals surface area (Å²) in [6.07, 6.45) is 0. The van der Waals surface area contributed by atoms with Crippen LogP contribution >= 0.6 is 23.4 Å². The van der Waals surface area contributed by atoms with Crippen LogP contribution in [0.2, 0.25) is 5.02 Å². The van der Waals surface area contributed by atoms with Gasteiger partial charge in [0.25, 0.3) is 5.91 Å². The van der Waals surface area contributed by atoms with Gasteiger partial charge in [-0.15, -0.1) is 10.2 Å². The second-order valence-electron chi connectivity index (χ2n) is 6.20. The maximum Gasteiger partial charge on any atom is 0.251 e. The molecule has 0 radical (unpaired) electrons. The molecule has 5 nitrogen and oxygen atoms in total. The van der Waals surface area contributed by atoms with E-state index in [1.807, 2.05) is 18.4 Å². The van der Waals surface area contributed by atoms with Crippen molar-refractivity contribution >= 4 is 29.3 Å². The van der Waals surface area contributed by atoms with Crippen molar-refractivity contribution in [1.29, 1.82) is 0 Å². The number of aromatic nitrogens is 3. The quantitative estimate of drug-likeness (QED) is 0.556. The topological polar surface area (TPSA) is 59.8 Å². The van der Waals surface area contributed by atoms with E-state index >= 15 is 0 Å². The van der Waals surface area contributed by atoms with E-state index < -0.39 is 0 Å². The molecule has 0 unspecified atom stereocenters. The van der Waals surface area contributed by atoms with Crippen LogP contribution in [0.25, 0.3) is 0 Å². The van der Waals surface area contributed by atoms with Gasteiger partial charge in [-0.25, -0.2) is 4.39 Å². The molecule has 146 valence electrons. The first kappa shape index (κ1) is 20.4. The van der Waals surface area contributed by atoms with Gasteiger partial charge in [0.15, 0.2) is 11.0 Å². The normalized spacial score (nSPS) is 12.0. The van der Waals surface area contributed by atoms with Gasteiger partial charge in [-0.1, -0.05) is 35.5 Å². The molecule has 0 spiro atoms. The lowest BCUT2D eigenvalue weighted by Crippen LogP contribution is -2.28. The van der Waals surface area contributed by atoms with Crippen LogP contribution in [0.3, 0.4) is 0 Å². The Hall–Kier alpha value is -2.38. The fraction of sp³-hybridized carbons (Fsp3) is 0.250. The van der Waals surface area contributed by atoms with Gasteiger partial charge in [-0.2, -0.15) is 0 Å². The Labute approximate surface area is 172 Å². The highest BCUT2D eigenvalue weighted by Gasteiger charge is 2.19. The number of hydrogen-bond acceptors (Lipinski definition) is 4. The zero-order chi connectivity index (χ0) is 20.1. The lowest BCUT2D eigenvalue weighted by Gasteiger charge is -2.15. The van der Waals surface area contributed by atoms with Gasteiger partial charge in [-0.05, 0) is 55.8 Å². The lowest BCUT2D eigenvalue weighted by atomic mass is 10.2. The SMILES string of the molecule is CCn1c(SCc2ccc(F)cc2)nnc1[C@H](C)NC(=O)c1ccc(Cl)cc1. The number of amides is 1. The molecule has 1 heterocycles. The molecular weight excluding hydrogens is 399 g/mol. The third-order valence-electron chi connectivity index (χ3n) is 4.18. The Morgan fingerprint density at radius 2 is 1.86 bits per heavy atom. The van der Waals surface area contributed by atoms with Gasteiger partial charge in [0.1, 0.15) is 5.82 Å². The second-order valence-corrected chi connectivity index (χ2v) is 7.58. The highest BCUT2D eigenvalue weighted by Crippen LogP contribution is 2.24. The maximum atomic E-state index is 13.0. The molecule has 1 atom stereocenters. The first-order chi connectivity index (χ1) is 13.5. The monoisotopic (exact) mass is 418 g/mol. The molecule has 8 heteroatoms. The Bertz CT molecular complexity index is 944. The van der Waals surface area contributed by atoms with E-state index in [-0.39, 0.29) is 17.8 Å². The standard InChI is InChI=1S/C20H20ClFN4OS/c1-3-26-18(13(2)23-19(27)15-6-8-16(21)9-7-15)24-25-20(26)28-12-14-4-10-17(22)11-5-14/h4-11,13H,3,12H2,1-2H3,(H,23,27)/t13-/m0/s1. The van der Waals surface area contributed by atoms with E-state index in [0.29, 0.717) is 28.7 Å². The molecule has 0 saturated heterocycles. The minimum absolute atomic E-state index is 0.199. The minimum Gasteiger partial charge on any atom is -0.342 e. The van der Waals surface area contributed by atoms with Crippen molar-refractivity contribution < 1.29 is 9.18 Å². The molecule has 0 saturated carbocycles. The summed E-state index contributed by atoms with van der Waals surface area (Å²) in [5, 5.41) is 12.8. The Kier molecular flexibility index (Phi) is 6.70. The van der Waals surface area contributed by atoms with Gasteiger partial charge in [0.2, 0.25) is 0 Å². The molecule has 2 aromatic carbocycles. The Morgan fingerprint density at radius 3 is 2.50 bits per heavy atom. The van der Waals surface area contributed by atoms with Crippen molar-refractivity contribution in [1.82, 2.24) is 20.1 Å². The van der Waals surface area contributed by atoms with Gasteiger partial charge >= 0.3 is 0 Å². The zero-order valence-electron chi connectivity index (χ0n) is 15.5. The molecule has 1 aromatic heterocycles. The van der Waals surface area contributed by atoms with Gasteiger partial charge in [-0.3, -0.25) is 4.79 Å². The Morgan fingerprint density at radius 1 is 1.18 bits per heavy atom. The second kappa shape index (κ2) is 9.21. The summed E-state index contributed by atoms with van der Waals surface area (Å²) < 4.78 is 15.0. The zero-order valence-corrected chi connectivity index (χ0v) is 17.1. The summed E-state index contributed by atoms with van der Waals surface area (Å²) in [6.45, 7) is 4.55. The molecule has 0 aliphatic rings. The average Bonchev–Trinajstić information content (AvgIpc) is 3.11. The third-order valence-corrected chi connectivity index (χ3v) is 5.47. The van der Waals surface area contributed by atoms with Gasteiger partial charge in [0, 0.05) is 22.9 Å². The summed E-state index contributed by atoms with van der Waals surface area (Å²) in [7, 11) is 0. The molecule has 0 bridgehead atoms. The van der Waals surface area contributed by atoms with Crippen LogP contribution in [0.15, 0.2) is 53.7 Å². The van der Waals surface area contributed by atoms with Gasteiger partial charge < -0.3 is 9.88 Å². The third kappa shape index (κ3) is 4.91. The van der Waals surface area contributed by atoms with Crippen molar-refractivity contribution in [2.75, 3.05) is 0 Å². The van der Waals surface area contributed by atoms with E-state index in [9.17, 15) is 9.18 Å². The lowest BCUT2D eigenvalue weighted by molar-refractivity contribution is 0.0937. The number of halogens is 2. The number of thioether (sulfide) groups is 1. The van der Waals surface area contributed by atoms with Crippen molar-refractivity contribution in [2.45, 2.75) is 37.3 Å². The molecule has 0 fully saturated rings. The van der Waals surface area contributed by atoms with Crippen LogP contribution in [0, 0.1) is 5.82 Å². The number of rotatable bonds is 7. The van der Waals surface area contributed by atoms with Crippen LogP contribution in [-0.4, -0.2) is 20.7 Å². The van der Waals surface area contributed by atoms with Crippen LogP contribution in [0.5, 0.6) is 0 Å². The first-order valence-electron chi connectivity index (χ1n) is 8.84. The highest BCUT2D eigenvalue weighted by molar-refractivity contribution is 7.98. The van der Waals surface area contributed by atoms with Crippen molar-refractivity contribution in [3.05, 3.63) is 76.3 Å². The summed E-state index contributed by atoms with van der Waals surface area (Å²) >= 11 is 7.39. The van der Waals surface area contributed by atoms with Crippen LogP contribution < -0.4 is 5.32 Å². The number of hydrogen-bond donors (Lipinski definition) is 1. The van der Waals surface area contributed by atoms with Crippen LogP contribution in [0.4, 0.5) is 4.39 Å². The van der Waals surface area contributed by atoms with Crippen molar-refractivity contribution in [3.63, 3.8) is 0 Å². The Balaban J connectivity index is 1.68. The number of carbonyl (C=O) groups excluding carboxylic acids is 1. The fourth-order valence-electron chi connectivity index (χ4n) is 2.70. The summed E-state index contributed by atoms with van der Waals surface area (Å²) in [5.74, 6) is 0.893. The number of nitrogens with one attached hydrogen (secondary N) is 1. The van der Waals surface area contributed by atoms with Crippen molar-refractivity contribution in [2.24, 2.45) is 0 Å². The van der Waals surface area contributed by atoms with E-state index in [2.05, 4.69) is 15.5 Å². The molecule has 1 amide bonds. The molecular formula is C20H20ClFN4OS. The maximum absolute atomic E-state index is 13.0. The predicted octanol–water partition coefficient (Wildman–Crippen LogP) is 4.87. The van der Waals surface area contributed by atoms with Crippen LogP contribution in [0.1, 0.15) is 41.6 Å². The minimum atomic E-state index is -0.309. The first-order valence-corrected chi connectivity index (χ1v) is 10.2. The number of benzene rings is 2. The van der Waals surface area contributed by atoms with E-state index in [4.69, 9.17) is 11.6 Å². The average molecular weight is 419 g/mol. The van der Waals surface area contributed by atoms with E-state index in [0.717, 1.165) is 10.7 Å². The largest absolute Gasteiger partial charge is 0.342 e. The smallest absolute Gasteiger partial charge is 0.251 e. The van der Waals surface area contributed by atoms with Gasteiger partial charge in [0.05, 0.1) is 6.04 Å². The molecule has 1 N–H and O–H groups in total. The van der Waals surface area contributed by atoms with Crippen LogP contribution in [-0.2, 0) is 12.3 Å². The molecule has 0 aliphatic carbocycles. The van der Waals surface area contributed by atoms with E-state index in [1.54, 1.807) is 36.4 Å². The summed E-state index contributed by atoms with van der Waals surface area (Å²) in [5.41, 5.74) is 1.53. The number of carbonyl (C=O) groups is 1. The van der Waals surface area contributed by atoms with E-state index in [1.165, 1.54) is 23.9 Å². The van der Waals surface area contributed by atoms with Crippen molar-refractivity contribution in [3.8, 4) is 0 Å². The molecule has 3 rings (SSSR count). The highest BCUT2D eigenvalue weighted by atomic mass is 35.5. The molecule has 28 heavy (non-hydrogen) atoms. The molecule has 3 aromatic rings. The number of nitrogens with zero attached hydrogens (tertiary/aromatic N) is 3. The predicted molar refractivity (Wildman–Crippen MR) is 109 cm³/mol. The summed E-state index contributed by atoms with van der Waals surface area (Å²) in [4.78, 5) is 12.4. The fourth-order valence-corrected chi connectivity index (χ4v) is 3.79. The molecule has 0 aliphatic heterocycles. The summed E-state index contributed by atoms with van der Waals surface area (Å²) in [6, 6.07) is 12.8.